The van der Waals surface area contributed by atoms with Crippen LogP contribution in [0.3, 0.4) is 0 Å². The number of aromatic hydroxyl groups is 3. The summed E-state index contributed by atoms with van der Waals surface area (Å²) in [6, 6.07) is 20.6. The number of rotatable bonds is 4. The molecule has 0 heterocycles. The first-order valence-corrected chi connectivity index (χ1v) is 15.1. The van der Waals surface area contributed by atoms with E-state index < -0.39 is 0 Å². The number of aliphatic hydroxyl groups is 1. The molecule has 2 fully saturated rings. The van der Waals surface area contributed by atoms with E-state index in [-0.39, 0.29) is 23.0 Å². The Labute approximate surface area is 239 Å². The molecule has 5 atom stereocenters. The Balaban J connectivity index is 0.000000161. The highest BCUT2D eigenvalue weighted by Crippen LogP contribution is 2.60. The topological polar surface area (TPSA) is 80.9 Å². The fraction of sp³-hybridized carbons (Fsp3) is 0.444. The number of allylic oxidation sites excluding steroid dienone is 2. The van der Waals surface area contributed by atoms with E-state index >= 15 is 0 Å². The number of hydrogen-bond acceptors (Lipinski definition) is 4. The van der Waals surface area contributed by atoms with E-state index in [1.807, 2.05) is 36.4 Å². The van der Waals surface area contributed by atoms with E-state index in [1.165, 1.54) is 41.5 Å². The number of aliphatic hydroxyl groups excluding tert-OH is 1. The van der Waals surface area contributed by atoms with Gasteiger partial charge in [0.2, 0.25) is 0 Å². The summed E-state index contributed by atoms with van der Waals surface area (Å²) >= 11 is 0. The summed E-state index contributed by atoms with van der Waals surface area (Å²) in [4.78, 5) is 0. The second-order valence-electron chi connectivity index (χ2n) is 12.2. The Morgan fingerprint density at radius 2 is 1.27 bits per heavy atom. The van der Waals surface area contributed by atoms with Crippen molar-refractivity contribution in [3.05, 3.63) is 89.0 Å². The van der Waals surface area contributed by atoms with Gasteiger partial charge < -0.3 is 20.4 Å². The van der Waals surface area contributed by atoms with Crippen LogP contribution in [0.1, 0.15) is 93.9 Å². The molecule has 3 aromatic rings. The lowest BCUT2D eigenvalue weighted by atomic mass is 9.55. The molecule has 0 bridgehead atoms. The molecule has 6 rings (SSSR count). The molecule has 0 aliphatic heterocycles. The molecule has 4 N–H and O–H groups in total. The van der Waals surface area contributed by atoms with E-state index in [1.54, 1.807) is 24.3 Å². The Kier molecular flexibility index (Phi) is 8.28. The van der Waals surface area contributed by atoms with Crippen molar-refractivity contribution in [3.63, 3.8) is 0 Å². The summed E-state index contributed by atoms with van der Waals surface area (Å²) < 4.78 is 0. The number of fused-ring (bicyclic) bond motifs is 5. The average Bonchev–Trinajstić information content (AvgIpc) is 3.27. The number of phenolic OH excluding ortho intramolecular Hbond substituents is 3. The molecule has 1 unspecified atom stereocenters. The van der Waals surface area contributed by atoms with Crippen LogP contribution in [0.2, 0.25) is 0 Å². The Hall–Kier alpha value is -3.24. The first-order valence-electron chi connectivity index (χ1n) is 15.1. The van der Waals surface area contributed by atoms with Crippen LogP contribution in [0.25, 0.3) is 11.1 Å². The zero-order chi connectivity index (χ0) is 28.4. The van der Waals surface area contributed by atoms with E-state index in [9.17, 15) is 20.4 Å². The predicted octanol–water partition coefficient (Wildman–Crippen LogP) is 8.44. The van der Waals surface area contributed by atoms with Gasteiger partial charge in [0, 0.05) is 0 Å². The number of hydrogen-bond donors (Lipinski definition) is 4. The van der Waals surface area contributed by atoms with Gasteiger partial charge in [-0.05, 0) is 144 Å². The van der Waals surface area contributed by atoms with E-state index in [2.05, 4.69) is 26.8 Å². The van der Waals surface area contributed by atoms with E-state index in [0.717, 1.165) is 49.1 Å². The standard InChI is InChI=1S/C18H24O2.C18H20O2/c1-18-9-8-14-13-5-3-12(19)10-11(13)2-4-15(14)16(18)6-7-17(18)20;1-3-17(13-5-9-15(19)10-6-13)18(4-2)14-7-11-16(20)12-8-14/h3,5,10,14-17,19-20H,2,4,6-9H2,1H3;5-12,19-20H,3-4H2,1-2H3/b;18-17+/t14-,15-,16+,17?,18+;/m1./s1. The third kappa shape index (κ3) is 5.39. The molecule has 40 heavy (non-hydrogen) atoms. The quantitative estimate of drug-likeness (QED) is 0.250. The molecule has 4 heteroatoms. The molecule has 0 amide bonds. The molecule has 0 spiro atoms. The van der Waals surface area contributed by atoms with E-state index in [0.29, 0.717) is 17.6 Å². The second kappa shape index (κ2) is 11.7. The number of phenols is 3. The Morgan fingerprint density at radius 3 is 1.82 bits per heavy atom. The maximum Gasteiger partial charge on any atom is 0.115 e. The summed E-state index contributed by atoms with van der Waals surface area (Å²) in [6.07, 6.45) is 8.63. The molecule has 0 saturated heterocycles. The molecule has 4 nitrogen and oxygen atoms in total. The van der Waals surface area contributed by atoms with Gasteiger partial charge in [0.25, 0.3) is 0 Å². The highest BCUT2D eigenvalue weighted by molar-refractivity contribution is 5.90. The molecule has 3 aromatic carbocycles. The Morgan fingerprint density at radius 1 is 0.725 bits per heavy atom. The minimum absolute atomic E-state index is 0.0883. The molecular formula is C36H44O4. The minimum Gasteiger partial charge on any atom is -0.508 e. The molecule has 3 aliphatic carbocycles. The van der Waals surface area contributed by atoms with Crippen molar-refractivity contribution in [3.8, 4) is 17.2 Å². The normalized spacial score (nSPS) is 27.4. The fourth-order valence-corrected chi connectivity index (χ4v) is 8.05. The van der Waals surface area contributed by atoms with Crippen molar-refractivity contribution in [2.75, 3.05) is 0 Å². The van der Waals surface area contributed by atoms with Crippen LogP contribution in [-0.4, -0.2) is 26.5 Å². The van der Waals surface area contributed by atoms with Gasteiger partial charge in [-0.3, -0.25) is 0 Å². The van der Waals surface area contributed by atoms with Gasteiger partial charge >= 0.3 is 0 Å². The molecule has 212 valence electrons. The van der Waals surface area contributed by atoms with Crippen LogP contribution in [0.15, 0.2) is 66.7 Å². The third-order valence-corrected chi connectivity index (χ3v) is 10.2. The summed E-state index contributed by atoms with van der Waals surface area (Å²) in [7, 11) is 0. The van der Waals surface area contributed by atoms with Gasteiger partial charge in [0.05, 0.1) is 6.10 Å². The number of aryl methyl sites for hydroxylation is 1. The monoisotopic (exact) mass is 540 g/mol. The van der Waals surface area contributed by atoms with Crippen LogP contribution in [0.4, 0.5) is 0 Å². The molecule has 3 aliphatic rings. The van der Waals surface area contributed by atoms with Crippen LogP contribution in [-0.2, 0) is 6.42 Å². The molecular weight excluding hydrogens is 496 g/mol. The summed E-state index contributed by atoms with van der Waals surface area (Å²) in [6.45, 7) is 6.59. The predicted molar refractivity (Wildman–Crippen MR) is 162 cm³/mol. The van der Waals surface area contributed by atoms with Gasteiger partial charge in [-0.1, -0.05) is 51.1 Å². The van der Waals surface area contributed by atoms with Crippen LogP contribution in [0, 0.1) is 17.3 Å². The minimum atomic E-state index is -0.0883. The lowest BCUT2D eigenvalue weighted by Crippen LogP contribution is -2.43. The van der Waals surface area contributed by atoms with Crippen molar-refractivity contribution in [2.24, 2.45) is 17.3 Å². The summed E-state index contributed by atoms with van der Waals surface area (Å²) in [5.41, 5.74) is 7.81. The van der Waals surface area contributed by atoms with Gasteiger partial charge in [-0.2, -0.15) is 0 Å². The van der Waals surface area contributed by atoms with Crippen LogP contribution in [0.5, 0.6) is 17.2 Å². The zero-order valence-electron chi connectivity index (χ0n) is 24.1. The zero-order valence-corrected chi connectivity index (χ0v) is 24.1. The highest BCUT2D eigenvalue weighted by Gasteiger charge is 2.54. The largest absolute Gasteiger partial charge is 0.508 e. The van der Waals surface area contributed by atoms with Crippen molar-refractivity contribution in [1.82, 2.24) is 0 Å². The summed E-state index contributed by atoms with van der Waals surface area (Å²) in [5.74, 6) is 3.06. The highest BCUT2D eigenvalue weighted by atomic mass is 16.3. The fourth-order valence-electron chi connectivity index (χ4n) is 8.05. The van der Waals surface area contributed by atoms with Crippen molar-refractivity contribution in [2.45, 2.75) is 84.2 Å². The Bertz CT molecular complexity index is 1280. The van der Waals surface area contributed by atoms with Crippen molar-refractivity contribution < 1.29 is 20.4 Å². The van der Waals surface area contributed by atoms with E-state index in [4.69, 9.17) is 0 Å². The summed E-state index contributed by atoms with van der Waals surface area (Å²) in [5, 5.41) is 38.9. The average molecular weight is 541 g/mol. The molecule has 0 aromatic heterocycles. The first kappa shape index (κ1) is 28.3. The van der Waals surface area contributed by atoms with Gasteiger partial charge in [-0.25, -0.2) is 0 Å². The van der Waals surface area contributed by atoms with Crippen molar-refractivity contribution >= 4 is 11.1 Å². The smallest absolute Gasteiger partial charge is 0.115 e. The van der Waals surface area contributed by atoms with Crippen LogP contribution < -0.4 is 0 Å². The maximum absolute atomic E-state index is 10.4. The lowest BCUT2D eigenvalue weighted by Gasteiger charge is -2.50. The first-order chi connectivity index (χ1) is 19.2. The second-order valence-corrected chi connectivity index (χ2v) is 12.2. The van der Waals surface area contributed by atoms with Crippen LogP contribution >= 0.6 is 0 Å². The van der Waals surface area contributed by atoms with Gasteiger partial charge in [0.1, 0.15) is 17.2 Å². The van der Waals surface area contributed by atoms with Gasteiger partial charge in [-0.15, -0.1) is 0 Å². The van der Waals surface area contributed by atoms with Gasteiger partial charge in [0.15, 0.2) is 0 Å². The SMILES string of the molecule is CC/C(=C(/CC)c1ccc(O)cc1)c1ccc(O)cc1.C[C@]12CC[C@@H]3c4ccc(O)cc4CC[C@H]3[C@@H]1CCC2O. The molecule has 2 saturated carbocycles. The number of benzene rings is 3. The molecule has 0 radical (unpaired) electrons. The maximum atomic E-state index is 10.4. The lowest BCUT2D eigenvalue weighted by molar-refractivity contribution is -0.0226. The third-order valence-electron chi connectivity index (χ3n) is 10.2. The van der Waals surface area contributed by atoms with Crippen molar-refractivity contribution in [1.29, 1.82) is 0 Å².